The van der Waals surface area contributed by atoms with E-state index in [0.29, 0.717) is 5.11 Å². The van der Waals surface area contributed by atoms with Gasteiger partial charge in [-0.15, -0.1) is 0 Å². The number of anilines is 1. The van der Waals surface area contributed by atoms with E-state index in [1.54, 1.807) is 0 Å². The molecule has 4 aromatic rings. The van der Waals surface area contributed by atoms with Crippen LogP contribution in [0.5, 0.6) is 0 Å². The first kappa shape index (κ1) is 18.5. The van der Waals surface area contributed by atoms with Crippen molar-refractivity contribution < 1.29 is 0 Å². The molecule has 1 aliphatic rings. The lowest BCUT2D eigenvalue weighted by Crippen LogP contribution is -2.30. The summed E-state index contributed by atoms with van der Waals surface area (Å²) in [6.07, 6.45) is 5.68. The van der Waals surface area contributed by atoms with Crippen molar-refractivity contribution in [1.29, 1.82) is 0 Å². The van der Waals surface area contributed by atoms with Crippen molar-refractivity contribution in [3.63, 3.8) is 0 Å². The highest BCUT2D eigenvalue weighted by atomic mass is 32.1. The zero-order chi connectivity index (χ0) is 20.5. The van der Waals surface area contributed by atoms with Gasteiger partial charge in [0.2, 0.25) is 0 Å². The topological polar surface area (TPSA) is 46.0 Å². The molecule has 5 nitrogen and oxygen atoms in total. The van der Waals surface area contributed by atoms with Gasteiger partial charge in [-0.2, -0.15) is 0 Å². The number of pyridine rings is 2. The van der Waals surface area contributed by atoms with E-state index in [1.807, 2.05) is 55.0 Å². The first-order valence-electron chi connectivity index (χ1n) is 9.88. The number of hydrogen-bond donors (Lipinski definition) is 1. The van der Waals surface area contributed by atoms with Crippen LogP contribution in [0.4, 0.5) is 5.69 Å². The van der Waals surface area contributed by atoms with Gasteiger partial charge in [0.1, 0.15) is 11.9 Å². The van der Waals surface area contributed by atoms with Crippen molar-refractivity contribution in [2.24, 2.45) is 0 Å². The Balaban J connectivity index is 1.68. The fraction of sp³-hybridized carbons (Fsp3) is 0.125. The molecule has 5 rings (SSSR count). The molecule has 30 heavy (non-hydrogen) atoms. The molecular weight excluding hydrogens is 390 g/mol. The summed E-state index contributed by atoms with van der Waals surface area (Å²) in [6, 6.07) is 24.4. The highest BCUT2D eigenvalue weighted by molar-refractivity contribution is 7.80. The second kappa shape index (κ2) is 7.72. The number of benzene rings is 1. The molecule has 1 N–H and O–H groups in total. The molecule has 1 aliphatic heterocycles. The summed E-state index contributed by atoms with van der Waals surface area (Å²) in [6.45, 7) is 2.10. The lowest BCUT2D eigenvalue weighted by molar-refractivity contribution is 0.548. The third-order valence-electron chi connectivity index (χ3n) is 5.36. The Morgan fingerprint density at radius 2 is 1.73 bits per heavy atom. The summed E-state index contributed by atoms with van der Waals surface area (Å²) >= 11 is 5.82. The molecule has 148 valence electrons. The smallest absolute Gasteiger partial charge is 0.174 e. The molecule has 1 fully saturated rings. The summed E-state index contributed by atoms with van der Waals surface area (Å²) in [5.41, 5.74) is 4.30. The first-order valence-corrected chi connectivity index (χ1v) is 10.3. The van der Waals surface area contributed by atoms with Crippen LogP contribution < -0.4 is 10.2 Å². The van der Waals surface area contributed by atoms with Crippen LogP contribution in [-0.2, 0) is 0 Å². The molecule has 0 amide bonds. The molecule has 1 aromatic carbocycles. The second-order valence-corrected chi connectivity index (χ2v) is 7.71. The molecule has 0 spiro atoms. The Bertz CT molecular complexity index is 1170. The van der Waals surface area contributed by atoms with Gasteiger partial charge in [-0.1, -0.05) is 24.3 Å². The second-order valence-electron chi connectivity index (χ2n) is 7.33. The molecule has 2 atom stereocenters. The lowest BCUT2D eigenvalue weighted by Gasteiger charge is -2.29. The van der Waals surface area contributed by atoms with Crippen molar-refractivity contribution >= 4 is 23.0 Å². The summed E-state index contributed by atoms with van der Waals surface area (Å²) in [4.78, 5) is 11.4. The van der Waals surface area contributed by atoms with Crippen molar-refractivity contribution in [1.82, 2.24) is 19.9 Å². The average Bonchev–Trinajstić information content (AvgIpc) is 3.39. The number of hydrogen-bond acceptors (Lipinski definition) is 3. The Kier molecular flexibility index (Phi) is 4.77. The fourth-order valence-corrected chi connectivity index (χ4v) is 4.40. The summed E-state index contributed by atoms with van der Waals surface area (Å²) < 4.78 is 2.12. The normalized spacial score (nSPS) is 18.4. The minimum Gasteiger partial charge on any atom is -0.351 e. The van der Waals surface area contributed by atoms with Gasteiger partial charge in [-0.05, 0) is 73.2 Å². The van der Waals surface area contributed by atoms with Crippen LogP contribution in [0.1, 0.15) is 29.0 Å². The van der Waals surface area contributed by atoms with Crippen LogP contribution in [0.2, 0.25) is 0 Å². The van der Waals surface area contributed by atoms with E-state index in [-0.39, 0.29) is 12.1 Å². The SMILES string of the molecule is Cc1cccc(N2C(=S)N[C@H](c3ccccn3)[C@H]2c2cccn2-c2ccccn2)c1. The first-order chi connectivity index (χ1) is 14.7. The highest BCUT2D eigenvalue weighted by Gasteiger charge is 2.42. The van der Waals surface area contributed by atoms with Gasteiger partial charge in [-0.3, -0.25) is 4.98 Å². The molecule has 3 aromatic heterocycles. The maximum atomic E-state index is 5.82. The molecule has 4 heterocycles. The number of nitrogens with zero attached hydrogens (tertiary/aromatic N) is 4. The number of thiocarbonyl (C=S) groups is 1. The van der Waals surface area contributed by atoms with Crippen LogP contribution in [-0.4, -0.2) is 19.6 Å². The number of nitrogens with one attached hydrogen (secondary N) is 1. The molecule has 0 aliphatic carbocycles. The fourth-order valence-electron chi connectivity index (χ4n) is 4.05. The minimum atomic E-state index is -0.0865. The standard InChI is InChI=1S/C24H21N5S/c1-17-8-6-9-18(16-17)29-23(22(27-24(29)30)19-10-2-4-13-25-19)20-11-7-15-28(20)21-12-3-5-14-26-21/h2-16,22-23H,1H3,(H,27,30)/t22-,23-/m1/s1. The lowest BCUT2D eigenvalue weighted by atomic mass is 10.0. The average molecular weight is 412 g/mol. The third-order valence-corrected chi connectivity index (χ3v) is 5.67. The van der Waals surface area contributed by atoms with Crippen LogP contribution >= 0.6 is 12.2 Å². The number of aryl methyl sites for hydroxylation is 1. The monoisotopic (exact) mass is 411 g/mol. The van der Waals surface area contributed by atoms with Gasteiger partial charge in [0.05, 0.1) is 11.7 Å². The van der Waals surface area contributed by atoms with Gasteiger partial charge in [0, 0.05) is 30.0 Å². The minimum absolute atomic E-state index is 0.0776. The van der Waals surface area contributed by atoms with Crippen molar-refractivity contribution in [3.05, 3.63) is 108 Å². The molecule has 0 saturated carbocycles. The van der Waals surface area contributed by atoms with Gasteiger partial charge in [0.15, 0.2) is 5.11 Å². The van der Waals surface area contributed by atoms with Crippen molar-refractivity contribution in [2.75, 3.05) is 4.90 Å². The Morgan fingerprint density at radius 1 is 0.900 bits per heavy atom. The van der Waals surface area contributed by atoms with Crippen molar-refractivity contribution in [2.45, 2.75) is 19.0 Å². The predicted octanol–water partition coefficient (Wildman–Crippen LogP) is 4.75. The van der Waals surface area contributed by atoms with Crippen LogP contribution in [0, 0.1) is 6.92 Å². The summed E-state index contributed by atoms with van der Waals surface area (Å²) in [5, 5.41) is 4.21. The molecule has 0 bridgehead atoms. The Labute approximate surface area is 181 Å². The van der Waals surface area contributed by atoms with E-state index in [1.165, 1.54) is 5.56 Å². The maximum absolute atomic E-state index is 5.82. The maximum Gasteiger partial charge on any atom is 0.174 e. The molecular formula is C24H21N5S. The van der Waals surface area contributed by atoms with E-state index in [2.05, 4.69) is 68.1 Å². The highest BCUT2D eigenvalue weighted by Crippen LogP contribution is 2.42. The van der Waals surface area contributed by atoms with E-state index >= 15 is 0 Å². The van der Waals surface area contributed by atoms with Gasteiger partial charge in [0.25, 0.3) is 0 Å². The third kappa shape index (κ3) is 3.25. The van der Waals surface area contributed by atoms with Crippen LogP contribution in [0.3, 0.4) is 0 Å². The van der Waals surface area contributed by atoms with Crippen LogP contribution in [0.15, 0.2) is 91.4 Å². The predicted molar refractivity (Wildman–Crippen MR) is 123 cm³/mol. The van der Waals surface area contributed by atoms with Gasteiger partial charge < -0.3 is 14.8 Å². The molecule has 1 saturated heterocycles. The van der Waals surface area contributed by atoms with E-state index in [4.69, 9.17) is 12.2 Å². The zero-order valence-corrected chi connectivity index (χ0v) is 17.3. The zero-order valence-electron chi connectivity index (χ0n) is 16.5. The quantitative estimate of drug-likeness (QED) is 0.491. The van der Waals surface area contributed by atoms with Gasteiger partial charge >= 0.3 is 0 Å². The van der Waals surface area contributed by atoms with Crippen LogP contribution in [0.25, 0.3) is 5.82 Å². The molecule has 0 radical (unpaired) electrons. The summed E-state index contributed by atoms with van der Waals surface area (Å²) in [5.74, 6) is 0.874. The number of aromatic nitrogens is 3. The molecule has 0 unspecified atom stereocenters. The Hall–Kier alpha value is -3.51. The van der Waals surface area contributed by atoms with E-state index < -0.39 is 0 Å². The van der Waals surface area contributed by atoms with Gasteiger partial charge in [-0.25, -0.2) is 4.98 Å². The largest absolute Gasteiger partial charge is 0.351 e. The molecule has 6 heteroatoms. The Morgan fingerprint density at radius 3 is 2.47 bits per heavy atom. The van der Waals surface area contributed by atoms with E-state index in [9.17, 15) is 0 Å². The number of rotatable bonds is 4. The summed E-state index contributed by atoms with van der Waals surface area (Å²) in [7, 11) is 0. The van der Waals surface area contributed by atoms with E-state index in [0.717, 1.165) is 22.9 Å². The van der Waals surface area contributed by atoms with Crippen molar-refractivity contribution in [3.8, 4) is 5.82 Å².